The lowest BCUT2D eigenvalue weighted by atomic mass is 10.2. The molecule has 2 rings (SSSR count). The molecular formula is C17H16N4O2S. The van der Waals surface area contributed by atoms with Gasteiger partial charge in [-0.05, 0) is 17.7 Å². The summed E-state index contributed by atoms with van der Waals surface area (Å²) in [6.45, 7) is 0.361. The highest BCUT2D eigenvalue weighted by Crippen LogP contribution is 2.16. The van der Waals surface area contributed by atoms with Crippen LogP contribution >= 0.6 is 11.8 Å². The van der Waals surface area contributed by atoms with E-state index in [9.17, 15) is 9.59 Å². The normalized spacial score (nSPS) is 9.79. The van der Waals surface area contributed by atoms with Gasteiger partial charge in [-0.25, -0.2) is 9.78 Å². The molecule has 24 heavy (non-hydrogen) atoms. The highest BCUT2D eigenvalue weighted by molar-refractivity contribution is 7.99. The molecule has 0 saturated carbocycles. The van der Waals surface area contributed by atoms with Crippen LogP contribution in [0.25, 0.3) is 0 Å². The molecule has 0 bridgehead atoms. The van der Waals surface area contributed by atoms with E-state index in [0.717, 1.165) is 5.56 Å². The van der Waals surface area contributed by atoms with Gasteiger partial charge in [0.25, 0.3) is 0 Å². The lowest BCUT2D eigenvalue weighted by Crippen LogP contribution is -2.39. The third-order valence-corrected chi connectivity index (χ3v) is 3.92. The van der Waals surface area contributed by atoms with E-state index in [4.69, 9.17) is 5.26 Å². The number of nitrogens with one attached hydrogen (secondary N) is 2. The van der Waals surface area contributed by atoms with Crippen LogP contribution in [0.1, 0.15) is 17.5 Å². The van der Waals surface area contributed by atoms with E-state index in [1.54, 1.807) is 18.3 Å². The fraction of sp³-hybridized carbons (Fsp3) is 0.176. The van der Waals surface area contributed by atoms with Gasteiger partial charge in [-0.2, -0.15) is 5.26 Å². The number of nitrogens with zero attached hydrogens (tertiary/aromatic N) is 2. The largest absolute Gasteiger partial charge is 0.334 e. The van der Waals surface area contributed by atoms with Crippen molar-refractivity contribution in [3.8, 4) is 6.07 Å². The maximum atomic E-state index is 11.7. The first-order valence-electron chi connectivity index (χ1n) is 7.28. The van der Waals surface area contributed by atoms with Crippen molar-refractivity contribution in [2.45, 2.75) is 18.0 Å². The Morgan fingerprint density at radius 1 is 1.21 bits per heavy atom. The Balaban J connectivity index is 1.67. The van der Waals surface area contributed by atoms with Gasteiger partial charge in [0.15, 0.2) is 0 Å². The van der Waals surface area contributed by atoms with Gasteiger partial charge in [-0.15, -0.1) is 11.8 Å². The van der Waals surface area contributed by atoms with Gasteiger partial charge >= 0.3 is 6.03 Å². The van der Waals surface area contributed by atoms with Crippen molar-refractivity contribution in [3.63, 3.8) is 0 Å². The summed E-state index contributed by atoms with van der Waals surface area (Å²) in [6.07, 6.45) is 1.74. The van der Waals surface area contributed by atoms with Crippen LogP contribution in [-0.2, 0) is 11.3 Å². The number of amides is 3. The van der Waals surface area contributed by atoms with Crippen molar-refractivity contribution >= 4 is 23.7 Å². The lowest BCUT2D eigenvalue weighted by molar-refractivity contribution is -0.119. The molecule has 7 heteroatoms. The van der Waals surface area contributed by atoms with Crippen molar-refractivity contribution in [2.75, 3.05) is 5.75 Å². The highest BCUT2D eigenvalue weighted by Gasteiger charge is 2.08. The molecule has 0 atom stereocenters. The van der Waals surface area contributed by atoms with Gasteiger partial charge in [-0.1, -0.05) is 30.3 Å². The van der Waals surface area contributed by atoms with E-state index in [1.165, 1.54) is 11.8 Å². The van der Waals surface area contributed by atoms with E-state index >= 15 is 0 Å². The van der Waals surface area contributed by atoms with E-state index in [0.29, 0.717) is 22.9 Å². The van der Waals surface area contributed by atoms with Crippen molar-refractivity contribution in [3.05, 3.63) is 59.8 Å². The molecule has 0 spiro atoms. The molecule has 1 heterocycles. The minimum Gasteiger partial charge on any atom is -0.334 e. The van der Waals surface area contributed by atoms with Crippen LogP contribution in [0, 0.1) is 11.3 Å². The van der Waals surface area contributed by atoms with Crippen molar-refractivity contribution < 1.29 is 9.59 Å². The van der Waals surface area contributed by atoms with E-state index in [2.05, 4.69) is 15.6 Å². The number of imide groups is 1. The maximum absolute atomic E-state index is 11.7. The number of hydrogen-bond donors (Lipinski definition) is 2. The monoisotopic (exact) mass is 340 g/mol. The summed E-state index contributed by atoms with van der Waals surface area (Å²) in [5.41, 5.74) is 1.48. The number of urea groups is 1. The number of hydrogen-bond acceptors (Lipinski definition) is 5. The Morgan fingerprint density at radius 3 is 2.75 bits per heavy atom. The summed E-state index contributed by atoms with van der Waals surface area (Å²) >= 11 is 1.36. The number of pyridine rings is 1. The van der Waals surface area contributed by atoms with Crippen molar-refractivity contribution in [2.24, 2.45) is 0 Å². The van der Waals surface area contributed by atoms with E-state index < -0.39 is 6.03 Å². The van der Waals surface area contributed by atoms with Gasteiger partial charge < -0.3 is 5.32 Å². The predicted octanol–water partition coefficient (Wildman–Crippen LogP) is 2.46. The molecule has 2 aromatic rings. The zero-order valence-corrected chi connectivity index (χ0v) is 13.7. The van der Waals surface area contributed by atoms with Gasteiger partial charge in [0.1, 0.15) is 0 Å². The van der Waals surface area contributed by atoms with E-state index in [1.807, 2.05) is 36.4 Å². The van der Waals surface area contributed by atoms with Crippen LogP contribution in [0.2, 0.25) is 0 Å². The molecule has 1 aromatic carbocycles. The Morgan fingerprint density at radius 2 is 2.00 bits per heavy atom. The molecule has 3 amide bonds. The molecule has 0 aliphatic carbocycles. The molecule has 0 aliphatic rings. The first kappa shape index (κ1) is 17.5. The van der Waals surface area contributed by atoms with Gasteiger partial charge in [0.2, 0.25) is 5.91 Å². The second kappa shape index (κ2) is 9.33. The Labute approximate surface area is 144 Å². The summed E-state index contributed by atoms with van der Waals surface area (Å²) in [4.78, 5) is 27.5. The standard InChI is InChI=1S/C17H16N4O2S/c18-11-14-6-8-19-16(10-14)24-9-7-15(22)21-17(23)20-12-13-4-2-1-3-5-13/h1-6,8,10H,7,9,12H2,(H2,20,21,22,23). The predicted molar refractivity (Wildman–Crippen MR) is 91.1 cm³/mol. The zero-order valence-electron chi connectivity index (χ0n) is 12.9. The quantitative estimate of drug-likeness (QED) is 0.788. The number of carbonyl (C=O) groups is 2. The smallest absolute Gasteiger partial charge is 0.321 e. The van der Waals surface area contributed by atoms with Crippen LogP contribution < -0.4 is 10.6 Å². The third kappa shape index (κ3) is 6.10. The molecule has 0 saturated heterocycles. The molecule has 1 aromatic heterocycles. The molecule has 122 valence electrons. The third-order valence-electron chi connectivity index (χ3n) is 2.99. The number of aromatic nitrogens is 1. The first-order valence-corrected chi connectivity index (χ1v) is 8.26. The fourth-order valence-electron chi connectivity index (χ4n) is 1.82. The number of nitriles is 1. The summed E-state index contributed by atoms with van der Waals surface area (Å²) in [7, 11) is 0. The topological polar surface area (TPSA) is 94.9 Å². The Kier molecular flexibility index (Phi) is 6.80. The van der Waals surface area contributed by atoms with Gasteiger partial charge in [0, 0.05) is 24.9 Å². The number of benzene rings is 1. The van der Waals surface area contributed by atoms with Crippen molar-refractivity contribution in [1.29, 1.82) is 5.26 Å². The number of rotatable bonds is 6. The van der Waals surface area contributed by atoms with Crippen molar-refractivity contribution in [1.82, 2.24) is 15.6 Å². The lowest BCUT2D eigenvalue weighted by Gasteiger charge is -2.06. The zero-order chi connectivity index (χ0) is 17.2. The second-order valence-electron chi connectivity index (χ2n) is 4.81. The molecule has 6 nitrogen and oxygen atoms in total. The minimum absolute atomic E-state index is 0.182. The van der Waals surface area contributed by atoms with Gasteiger partial charge in [0.05, 0.1) is 16.7 Å². The minimum atomic E-state index is -0.515. The summed E-state index contributed by atoms with van der Waals surface area (Å²) in [6, 6.07) is 14.2. The molecule has 0 aliphatic heterocycles. The summed E-state index contributed by atoms with van der Waals surface area (Å²) < 4.78 is 0. The fourth-order valence-corrected chi connectivity index (χ4v) is 2.66. The highest BCUT2D eigenvalue weighted by atomic mass is 32.2. The van der Waals surface area contributed by atoms with E-state index in [-0.39, 0.29) is 12.3 Å². The second-order valence-corrected chi connectivity index (χ2v) is 5.92. The number of thioether (sulfide) groups is 1. The van der Waals surface area contributed by atoms with Crippen LogP contribution in [0.4, 0.5) is 4.79 Å². The summed E-state index contributed by atoms with van der Waals surface area (Å²) in [5, 5.41) is 14.4. The molecular weight excluding hydrogens is 324 g/mol. The first-order chi connectivity index (χ1) is 11.7. The average Bonchev–Trinajstić information content (AvgIpc) is 2.61. The van der Waals surface area contributed by atoms with Gasteiger partial charge in [-0.3, -0.25) is 10.1 Å². The molecule has 0 unspecified atom stereocenters. The molecule has 0 fully saturated rings. The van der Waals surface area contributed by atoms with Crippen LogP contribution in [0.5, 0.6) is 0 Å². The SMILES string of the molecule is N#Cc1ccnc(SCCC(=O)NC(=O)NCc2ccccc2)c1. The Hall–Kier alpha value is -2.85. The number of carbonyl (C=O) groups excluding carboxylic acids is 2. The summed E-state index contributed by atoms with van der Waals surface area (Å²) in [5.74, 6) is 0.115. The van der Waals surface area contributed by atoms with Crippen LogP contribution in [-0.4, -0.2) is 22.7 Å². The maximum Gasteiger partial charge on any atom is 0.321 e. The molecule has 0 radical (unpaired) electrons. The molecule has 2 N–H and O–H groups in total. The van der Waals surface area contributed by atoms with Crippen LogP contribution in [0.3, 0.4) is 0 Å². The van der Waals surface area contributed by atoms with Crippen LogP contribution in [0.15, 0.2) is 53.7 Å². The Bertz CT molecular complexity index is 744. The average molecular weight is 340 g/mol.